The molecule has 1 aliphatic heterocycles. The molecule has 0 radical (unpaired) electrons. The third-order valence-electron chi connectivity index (χ3n) is 3.64. The molecule has 0 bridgehead atoms. The van der Waals surface area contributed by atoms with Gasteiger partial charge >= 0.3 is 0 Å². The minimum Gasteiger partial charge on any atom is -0.310 e. The maximum Gasteiger partial charge on any atom is 0.230 e. The summed E-state index contributed by atoms with van der Waals surface area (Å²) in [6.07, 6.45) is 0. The molecule has 0 aliphatic carbocycles. The Hall–Kier alpha value is -1.66. The van der Waals surface area contributed by atoms with Crippen LogP contribution in [0.5, 0.6) is 0 Å². The molecule has 1 aromatic heterocycles. The Bertz CT molecular complexity index is 808. The predicted octanol–water partition coefficient (Wildman–Crippen LogP) is 3.27. The summed E-state index contributed by atoms with van der Waals surface area (Å²) in [5.41, 5.74) is 1.85. The van der Waals surface area contributed by atoms with Crippen LogP contribution in [0.2, 0.25) is 5.02 Å². The molecule has 2 aromatic rings. The minimum absolute atomic E-state index is 0.110. The molecule has 1 atom stereocenters. The Labute approximate surface area is 142 Å². The number of rotatable bonds is 2. The fraction of sp³-hybridized carbons (Fsp3) is 0.375. The summed E-state index contributed by atoms with van der Waals surface area (Å²) in [5.74, 6) is 1.31. The first-order valence-corrected chi connectivity index (χ1v) is 9.15. The molecule has 122 valence electrons. The van der Waals surface area contributed by atoms with E-state index in [-0.39, 0.29) is 5.91 Å². The van der Waals surface area contributed by atoms with Gasteiger partial charge in [0.05, 0.1) is 22.9 Å². The Kier molecular flexibility index (Phi) is 4.06. The number of hydrogen-bond donors (Lipinski definition) is 1. The molecule has 23 heavy (non-hydrogen) atoms. The molecule has 0 fully saturated rings. The lowest BCUT2D eigenvalue weighted by atomic mass is 9.96. The number of aromatic nitrogens is 2. The molecule has 1 aliphatic rings. The second kappa shape index (κ2) is 5.76. The SMILES string of the molecule is CC(C)(C)C(=O)Nc1c2c(nn1-c1cccc(Cl)c1)CS(=O)C2. The Morgan fingerprint density at radius 2 is 2.09 bits per heavy atom. The van der Waals surface area contributed by atoms with E-state index in [1.54, 1.807) is 16.8 Å². The van der Waals surface area contributed by atoms with Crippen LogP contribution < -0.4 is 5.32 Å². The van der Waals surface area contributed by atoms with Crippen molar-refractivity contribution in [2.45, 2.75) is 32.3 Å². The lowest BCUT2D eigenvalue weighted by Crippen LogP contribution is -2.29. The number of nitrogens with one attached hydrogen (secondary N) is 1. The zero-order chi connectivity index (χ0) is 16.8. The highest BCUT2D eigenvalue weighted by Gasteiger charge is 2.30. The smallest absolute Gasteiger partial charge is 0.230 e. The summed E-state index contributed by atoms with van der Waals surface area (Å²) in [6, 6.07) is 7.27. The molecule has 5 nitrogen and oxygen atoms in total. The molecule has 0 saturated carbocycles. The summed E-state index contributed by atoms with van der Waals surface area (Å²) in [7, 11) is -0.957. The average Bonchev–Trinajstić information content (AvgIpc) is 2.95. The molecule has 2 heterocycles. The van der Waals surface area contributed by atoms with Crippen molar-refractivity contribution < 1.29 is 9.00 Å². The van der Waals surface area contributed by atoms with E-state index in [9.17, 15) is 9.00 Å². The number of carbonyl (C=O) groups excluding carboxylic acids is 1. The van der Waals surface area contributed by atoms with Crippen molar-refractivity contribution >= 4 is 34.1 Å². The third-order valence-corrected chi connectivity index (χ3v) is 5.08. The molecule has 1 N–H and O–H groups in total. The zero-order valence-corrected chi connectivity index (χ0v) is 14.8. The zero-order valence-electron chi connectivity index (χ0n) is 13.2. The topological polar surface area (TPSA) is 64.0 Å². The van der Waals surface area contributed by atoms with Crippen LogP contribution in [-0.2, 0) is 27.1 Å². The van der Waals surface area contributed by atoms with E-state index in [0.29, 0.717) is 22.3 Å². The quantitative estimate of drug-likeness (QED) is 0.903. The highest BCUT2D eigenvalue weighted by Crippen LogP contribution is 2.32. The largest absolute Gasteiger partial charge is 0.310 e. The Morgan fingerprint density at radius 1 is 1.35 bits per heavy atom. The van der Waals surface area contributed by atoms with Crippen LogP contribution >= 0.6 is 11.6 Å². The van der Waals surface area contributed by atoms with Crippen LogP contribution in [0.4, 0.5) is 5.82 Å². The maximum absolute atomic E-state index is 12.4. The highest BCUT2D eigenvalue weighted by molar-refractivity contribution is 7.83. The number of anilines is 1. The Morgan fingerprint density at radius 3 is 2.74 bits per heavy atom. The summed E-state index contributed by atoms with van der Waals surface area (Å²) < 4.78 is 13.5. The monoisotopic (exact) mass is 351 g/mol. The summed E-state index contributed by atoms with van der Waals surface area (Å²) in [6.45, 7) is 5.54. The van der Waals surface area contributed by atoms with E-state index in [0.717, 1.165) is 16.9 Å². The molecule has 0 saturated heterocycles. The molecule has 3 rings (SSSR count). The van der Waals surface area contributed by atoms with Crippen LogP contribution in [-0.4, -0.2) is 19.9 Å². The number of carbonyl (C=O) groups is 1. The van der Waals surface area contributed by atoms with Crippen LogP contribution in [0.1, 0.15) is 32.0 Å². The van der Waals surface area contributed by atoms with Crippen molar-refractivity contribution in [2.75, 3.05) is 5.32 Å². The van der Waals surface area contributed by atoms with E-state index in [2.05, 4.69) is 10.4 Å². The van der Waals surface area contributed by atoms with Crippen LogP contribution in [0.15, 0.2) is 24.3 Å². The van der Waals surface area contributed by atoms with Gasteiger partial charge in [0.2, 0.25) is 5.91 Å². The van der Waals surface area contributed by atoms with E-state index in [1.807, 2.05) is 32.9 Å². The highest BCUT2D eigenvalue weighted by atomic mass is 35.5. The average molecular weight is 352 g/mol. The first-order chi connectivity index (χ1) is 10.8. The predicted molar refractivity (Wildman–Crippen MR) is 92.2 cm³/mol. The van der Waals surface area contributed by atoms with Crippen molar-refractivity contribution in [3.63, 3.8) is 0 Å². The summed E-state index contributed by atoms with van der Waals surface area (Å²) in [5, 5.41) is 8.08. The summed E-state index contributed by atoms with van der Waals surface area (Å²) in [4.78, 5) is 12.4. The molecule has 7 heteroatoms. The maximum atomic E-state index is 12.4. The first-order valence-electron chi connectivity index (χ1n) is 7.29. The minimum atomic E-state index is -0.957. The number of halogens is 1. The van der Waals surface area contributed by atoms with Crippen molar-refractivity contribution in [3.8, 4) is 5.69 Å². The fourth-order valence-electron chi connectivity index (χ4n) is 2.35. The lowest BCUT2D eigenvalue weighted by molar-refractivity contribution is -0.123. The number of benzene rings is 1. The third kappa shape index (κ3) is 3.19. The van der Waals surface area contributed by atoms with Gasteiger partial charge in [-0.3, -0.25) is 9.00 Å². The summed E-state index contributed by atoms with van der Waals surface area (Å²) >= 11 is 6.07. The Balaban J connectivity index is 2.09. The van der Waals surface area contributed by atoms with Gasteiger partial charge in [-0.05, 0) is 18.2 Å². The number of fused-ring (bicyclic) bond motifs is 1. The van der Waals surface area contributed by atoms with Gasteiger partial charge in [-0.2, -0.15) is 5.10 Å². The first kappa shape index (κ1) is 16.2. The van der Waals surface area contributed by atoms with Crippen molar-refractivity contribution in [2.24, 2.45) is 5.41 Å². The number of amides is 1. The second-order valence-corrected chi connectivity index (χ2v) is 8.49. The van der Waals surface area contributed by atoms with Gasteiger partial charge in [-0.15, -0.1) is 0 Å². The van der Waals surface area contributed by atoms with Crippen molar-refractivity contribution in [3.05, 3.63) is 40.5 Å². The van der Waals surface area contributed by atoms with Gasteiger partial charge in [-0.25, -0.2) is 4.68 Å². The van der Waals surface area contributed by atoms with Gasteiger partial charge < -0.3 is 5.32 Å². The normalized spacial score (nSPS) is 17.1. The van der Waals surface area contributed by atoms with Gasteiger partial charge in [0.1, 0.15) is 5.82 Å². The molecule has 0 spiro atoms. The van der Waals surface area contributed by atoms with E-state index in [4.69, 9.17) is 11.6 Å². The van der Waals surface area contributed by atoms with Gasteiger partial charge in [-0.1, -0.05) is 38.4 Å². The molecule has 1 aromatic carbocycles. The number of hydrogen-bond acceptors (Lipinski definition) is 3. The second-order valence-electron chi connectivity index (χ2n) is 6.60. The standard InChI is InChI=1S/C16H18ClN3O2S/c1-16(2,3)15(21)18-14-12-8-23(22)9-13(12)19-20(14)11-6-4-5-10(17)7-11/h4-7H,8-9H2,1-3H3,(H,18,21). The fourth-order valence-corrected chi connectivity index (χ4v) is 3.79. The molecular formula is C16H18ClN3O2S. The van der Waals surface area contributed by atoms with Crippen LogP contribution in [0, 0.1) is 5.41 Å². The van der Waals surface area contributed by atoms with Gasteiger partial charge in [0.25, 0.3) is 0 Å². The van der Waals surface area contributed by atoms with E-state index < -0.39 is 16.2 Å². The van der Waals surface area contributed by atoms with Crippen molar-refractivity contribution in [1.29, 1.82) is 0 Å². The van der Waals surface area contributed by atoms with E-state index in [1.165, 1.54) is 0 Å². The van der Waals surface area contributed by atoms with Gasteiger partial charge in [0.15, 0.2) is 0 Å². The molecule has 1 unspecified atom stereocenters. The number of nitrogens with zero attached hydrogens (tertiary/aromatic N) is 2. The van der Waals surface area contributed by atoms with Crippen molar-refractivity contribution in [1.82, 2.24) is 9.78 Å². The lowest BCUT2D eigenvalue weighted by Gasteiger charge is -2.19. The van der Waals surface area contributed by atoms with Crippen LogP contribution in [0.25, 0.3) is 5.69 Å². The van der Waals surface area contributed by atoms with E-state index >= 15 is 0 Å². The molecular weight excluding hydrogens is 334 g/mol. The molecule has 1 amide bonds. The van der Waals surface area contributed by atoms with Gasteiger partial charge in [0, 0.05) is 26.8 Å². The van der Waals surface area contributed by atoms with Crippen LogP contribution in [0.3, 0.4) is 0 Å².